The van der Waals surface area contributed by atoms with Crippen molar-refractivity contribution < 1.29 is 14.7 Å². The van der Waals surface area contributed by atoms with Crippen molar-refractivity contribution in [1.29, 1.82) is 0 Å². The van der Waals surface area contributed by atoms with E-state index < -0.39 is 11.9 Å². The Morgan fingerprint density at radius 3 is 3.08 bits per heavy atom. The number of hydrogen-bond donors (Lipinski definition) is 2. The first kappa shape index (κ1) is 7.12. The van der Waals surface area contributed by atoms with Crippen LogP contribution in [0.25, 0.3) is 0 Å². The van der Waals surface area contributed by atoms with Gasteiger partial charge in [0.05, 0.1) is 11.8 Å². The molecule has 4 nitrogen and oxygen atoms in total. The highest BCUT2D eigenvalue weighted by atomic mass is 16.4. The minimum Gasteiger partial charge on any atom is -0.481 e. The van der Waals surface area contributed by atoms with Crippen molar-refractivity contribution in [3.05, 3.63) is 11.8 Å². The number of allylic oxidation sites excluding steroid dienone is 2. The number of carboxylic acids is 1. The van der Waals surface area contributed by atoms with Gasteiger partial charge in [-0.25, -0.2) is 0 Å². The molecule has 0 spiro atoms. The van der Waals surface area contributed by atoms with Gasteiger partial charge in [0.15, 0.2) is 0 Å². The van der Waals surface area contributed by atoms with Crippen molar-refractivity contribution in [2.24, 2.45) is 23.7 Å². The van der Waals surface area contributed by atoms with Gasteiger partial charge in [-0.2, -0.15) is 0 Å². The Balaban J connectivity index is 2.08. The largest absolute Gasteiger partial charge is 0.481 e. The molecular weight excluding hydrogens is 170 g/mol. The summed E-state index contributed by atoms with van der Waals surface area (Å²) < 4.78 is 0. The van der Waals surface area contributed by atoms with E-state index in [0.29, 0.717) is 0 Å². The van der Waals surface area contributed by atoms with Crippen LogP contribution < -0.4 is 5.32 Å². The molecule has 0 radical (unpaired) electrons. The van der Waals surface area contributed by atoms with Crippen molar-refractivity contribution in [3.8, 4) is 0 Å². The van der Waals surface area contributed by atoms with Crippen LogP contribution >= 0.6 is 0 Å². The van der Waals surface area contributed by atoms with Gasteiger partial charge in [-0.05, 0) is 12.3 Å². The number of hydrogen-bond acceptors (Lipinski definition) is 2. The Morgan fingerprint density at radius 1 is 1.62 bits per heavy atom. The fourth-order valence-electron chi connectivity index (χ4n) is 2.99. The third kappa shape index (κ3) is 0.669. The molecule has 1 saturated heterocycles. The van der Waals surface area contributed by atoms with Crippen LogP contribution in [0.4, 0.5) is 0 Å². The highest BCUT2D eigenvalue weighted by Crippen LogP contribution is 2.54. The molecule has 1 saturated carbocycles. The smallest absolute Gasteiger partial charge is 0.307 e. The zero-order valence-corrected chi connectivity index (χ0v) is 6.86. The summed E-state index contributed by atoms with van der Waals surface area (Å²) in [5.74, 6) is -1.42. The Kier molecular flexibility index (Phi) is 1.07. The highest BCUT2D eigenvalue weighted by Gasteiger charge is 2.58. The van der Waals surface area contributed by atoms with Gasteiger partial charge >= 0.3 is 5.97 Å². The molecule has 2 N–H and O–H groups in total. The Morgan fingerprint density at radius 2 is 2.38 bits per heavy atom. The number of rotatable bonds is 1. The first-order valence-electron chi connectivity index (χ1n) is 4.44. The van der Waals surface area contributed by atoms with Gasteiger partial charge in [-0.3, -0.25) is 9.59 Å². The van der Waals surface area contributed by atoms with E-state index in [-0.39, 0.29) is 23.7 Å². The zero-order chi connectivity index (χ0) is 9.16. The number of amides is 1. The lowest BCUT2D eigenvalue weighted by molar-refractivity contribution is -0.146. The average Bonchev–Trinajstić information content (AvgIpc) is 2.60. The molecule has 1 heterocycles. The fourth-order valence-corrected chi connectivity index (χ4v) is 2.99. The highest BCUT2D eigenvalue weighted by molar-refractivity contribution is 5.91. The van der Waals surface area contributed by atoms with Crippen LogP contribution in [0.5, 0.6) is 0 Å². The second-order valence-electron chi connectivity index (χ2n) is 4.01. The normalized spacial score (nSPS) is 44.9. The standard InChI is InChI=1S/C9H9NO3/c11-8-7-4-1-3(2-5(4)10-8)6(7)9(12)13/h2-4,6-7H,1H2,(H,10,11)(H,12,13). The minimum atomic E-state index is -0.829. The number of carbonyl (C=O) groups excluding carboxylic acids is 1. The predicted octanol–water partition coefficient (Wildman–Crippen LogP) is -0.0332. The van der Waals surface area contributed by atoms with Gasteiger partial charge < -0.3 is 10.4 Å². The van der Waals surface area contributed by atoms with Crippen LogP contribution in [-0.4, -0.2) is 17.0 Å². The SMILES string of the molecule is O=C(O)C1C2C=C3NC(=O)C1C3C2. The van der Waals surface area contributed by atoms with Crippen LogP contribution in [0.2, 0.25) is 0 Å². The maximum Gasteiger partial charge on any atom is 0.307 e. The van der Waals surface area contributed by atoms with Crippen molar-refractivity contribution in [1.82, 2.24) is 5.32 Å². The van der Waals surface area contributed by atoms with E-state index in [1.54, 1.807) is 0 Å². The Labute approximate surface area is 74.6 Å². The lowest BCUT2D eigenvalue weighted by Crippen LogP contribution is -2.30. The summed E-state index contributed by atoms with van der Waals surface area (Å²) >= 11 is 0. The predicted molar refractivity (Wildman–Crippen MR) is 42.4 cm³/mol. The van der Waals surface area contributed by atoms with Crippen molar-refractivity contribution >= 4 is 11.9 Å². The lowest BCUT2D eigenvalue weighted by Gasteiger charge is -2.16. The summed E-state index contributed by atoms with van der Waals surface area (Å²) in [7, 11) is 0. The maximum atomic E-state index is 11.4. The number of aliphatic carboxylic acids is 1. The summed E-state index contributed by atoms with van der Waals surface area (Å²) in [6, 6.07) is 0. The number of nitrogens with one attached hydrogen (secondary N) is 1. The van der Waals surface area contributed by atoms with E-state index in [0.717, 1.165) is 12.1 Å². The first-order chi connectivity index (χ1) is 6.18. The Bertz CT molecular complexity index is 347. The van der Waals surface area contributed by atoms with E-state index in [9.17, 15) is 9.59 Å². The number of carboxylic acid groups (broad SMARTS) is 1. The topological polar surface area (TPSA) is 66.4 Å². The zero-order valence-electron chi connectivity index (χ0n) is 6.86. The monoisotopic (exact) mass is 179 g/mol. The lowest BCUT2D eigenvalue weighted by atomic mass is 9.84. The first-order valence-corrected chi connectivity index (χ1v) is 4.44. The van der Waals surface area contributed by atoms with E-state index in [4.69, 9.17) is 5.11 Å². The Hall–Kier alpha value is -1.32. The molecule has 4 heteroatoms. The van der Waals surface area contributed by atoms with Crippen LogP contribution in [0.15, 0.2) is 11.8 Å². The summed E-state index contributed by atoms with van der Waals surface area (Å²) in [6.45, 7) is 0. The van der Waals surface area contributed by atoms with Crippen LogP contribution in [0.3, 0.4) is 0 Å². The molecule has 0 aromatic rings. The number of fused-ring (bicyclic) bond motifs is 1. The van der Waals surface area contributed by atoms with Gasteiger partial charge in [-0.1, -0.05) is 6.08 Å². The molecule has 4 atom stereocenters. The van der Waals surface area contributed by atoms with Gasteiger partial charge in [0.2, 0.25) is 5.91 Å². The second kappa shape index (κ2) is 1.95. The molecule has 1 aliphatic heterocycles. The number of carbonyl (C=O) groups is 2. The van der Waals surface area contributed by atoms with Crippen molar-refractivity contribution in [2.45, 2.75) is 6.42 Å². The van der Waals surface area contributed by atoms with E-state index in [1.165, 1.54) is 0 Å². The second-order valence-corrected chi connectivity index (χ2v) is 4.01. The summed E-state index contributed by atoms with van der Waals surface area (Å²) in [5, 5.41) is 11.7. The van der Waals surface area contributed by atoms with Gasteiger partial charge in [0, 0.05) is 11.6 Å². The van der Waals surface area contributed by atoms with Crippen molar-refractivity contribution in [2.75, 3.05) is 0 Å². The van der Waals surface area contributed by atoms with Gasteiger partial charge in [-0.15, -0.1) is 0 Å². The fraction of sp³-hybridized carbons (Fsp3) is 0.556. The molecule has 2 bridgehead atoms. The van der Waals surface area contributed by atoms with E-state index in [1.807, 2.05) is 6.08 Å². The molecule has 68 valence electrons. The summed E-state index contributed by atoms with van der Waals surface area (Å²) in [5.41, 5.74) is 0.970. The van der Waals surface area contributed by atoms with Crippen molar-refractivity contribution in [3.63, 3.8) is 0 Å². The molecule has 0 aromatic carbocycles. The average molecular weight is 179 g/mol. The molecule has 1 amide bonds. The summed E-state index contributed by atoms with van der Waals surface area (Å²) in [6.07, 6.45) is 2.76. The molecule has 4 unspecified atom stereocenters. The van der Waals surface area contributed by atoms with Gasteiger partial charge in [0.1, 0.15) is 0 Å². The molecule has 3 aliphatic rings. The molecule has 0 aromatic heterocycles. The molecule has 2 aliphatic carbocycles. The molecule has 13 heavy (non-hydrogen) atoms. The summed E-state index contributed by atoms with van der Waals surface area (Å²) in [4.78, 5) is 22.3. The third-order valence-electron chi connectivity index (χ3n) is 3.46. The van der Waals surface area contributed by atoms with Crippen LogP contribution in [-0.2, 0) is 9.59 Å². The van der Waals surface area contributed by atoms with E-state index >= 15 is 0 Å². The quantitative estimate of drug-likeness (QED) is 0.593. The third-order valence-corrected chi connectivity index (χ3v) is 3.46. The molecule has 2 fully saturated rings. The molecule has 3 rings (SSSR count). The molecular formula is C9H9NO3. The minimum absolute atomic E-state index is 0.0847. The van der Waals surface area contributed by atoms with Gasteiger partial charge in [0.25, 0.3) is 0 Å². The maximum absolute atomic E-state index is 11.4. The van der Waals surface area contributed by atoms with Crippen LogP contribution in [0.1, 0.15) is 6.42 Å². The van der Waals surface area contributed by atoms with E-state index in [2.05, 4.69) is 5.32 Å². The van der Waals surface area contributed by atoms with Crippen LogP contribution in [0, 0.1) is 23.7 Å².